The van der Waals surface area contributed by atoms with Crippen LogP contribution in [0.25, 0.3) is 115 Å². The number of rotatable bonds is 26. The van der Waals surface area contributed by atoms with Crippen LogP contribution < -0.4 is 0 Å². The molecule has 444 valence electrons. The maximum Gasteiger partial charge on any atom is 0.0541 e. The summed E-state index contributed by atoms with van der Waals surface area (Å²) in [6, 6.07) is 81.7. The quantitative estimate of drug-likeness (QED) is 0.0378. The van der Waals surface area contributed by atoms with Gasteiger partial charge in [0, 0.05) is 32.9 Å². The van der Waals surface area contributed by atoms with Crippen molar-refractivity contribution in [3.63, 3.8) is 0 Å². The number of nitrogens with zero attached hydrogens (tertiary/aromatic N) is 2. The first-order chi connectivity index (χ1) is 43.9. The molecular formula is C87H86N2. The summed E-state index contributed by atoms with van der Waals surface area (Å²) in [5, 5.41) is 5.43. The van der Waals surface area contributed by atoms with Crippen molar-refractivity contribution in [3.05, 3.63) is 285 Å². The summed E-state index contributed by atoms with van der Waals surface area (Å²) in [5.41, 5.74) is 25.0. The minimum atomic E-state index is 1.14. The van der Waals surface area contributed by atoms with Crippen LogP contribution in [0, 0.1) is 6.92 Å². The molecule has 0 fully saturated rings. The van der Waals surface area contributed by atoms with Crippen molar-refractivity contribution in [1.29, 1.82) is 0 Å². The molecule has 12 aromatic rings. The SMILES string of the molecule is CCCCCCc1ccc2c(c1)c1cc(C)ccc1n2-c1ccc(/C=C/c2ccc(/C=C/c3ccc(-c4ccc(/C=C/c5ccc(/C=C/c6ccc(-n7c8ccc(CCCCCC)cc8c8cc(CCCCCC)ccc87)cc6)cc5)cc4)cc3)cc2)cc1. The molecule has 0 saturated heterocycles. The first-order valence-electron chi connectivity index (χ1n) is 33.3. The molecule has 0 bridgehead atoms. The van der Waals surface area contributed by atoms with Crippen molar-refractivity contribution in [3.8, 4) is 22.5 Å². The maximum absolute atomic E-state index is 2.48. The van der Waals surface area contributed by atoms with Crippen LogP contribution >= 0.6 is 0 Å². The van der Waals surface area contributed by atoms with Gasteiger partial charge in [-0.05, 0) is 191 Å². The van der Waals surface area contributed by atoms with Crippen molar-refractivity contribution in [1.82, 2.24) is 9.13 Å². The lowest BCUT2D eigenvalue weighted by molar-refractivity contribution is 0.667. The lowest BCUT2D eigenvalue weighted by Gasteiger charge is -2.09. The van der Waals surface area contributed by atoms with Gasteiger partial charge in [-0.2, -0.15) is 0 Å². The standard InChI is InChI=1S/C87H86N2/c1-5-8-11-14-17-73-45-57-85-81(61-73)80-60-64(4)20-56-84(80)88(85)78-52-41-71(42-53-78)35-31-67-25-21-65(22-26-67)29-33-69-37-48-76(49-38-69)77-50-39-70(40-51-77)34-30-66-23-27-68(28-24-66)32-36-72-43-54-79(55-44-72)89-86-58-46-74(18-15-12-9-6-2)62-82(86)83-63-75(47-59-87(83)89)19-16-13-10-7-3/h20-63H,5-19H2,1-4H3/b33-29+,34-30+,35-31+,36-32+. The fraction of sp³-hybridized carbons (Fsp3) is 0.218. The Morgan fingerprint density at radius 1 is 0.247 bits per heavy atom. The van der Waals surface area contributed by atoms with E-state index in [1.165, 1.54) is 210 Å². The third-order valence-electron chi connectivity index (χ3n) is 18.0. The Labute approximate surface area is 529 Å². The molecule has 0 amide bonds. The van der Waals surface area contributed by atoms with E-state index in [1.54, 1.807) is 0 Å². The first kappa shape index (κ1) is 60.1. The van der Waals surface area contributed by atoms with E-state index in [4.69, 9.17) is 0 Å². The van der Waals surface area contributed by atoms with Crippen LogP contribution in [0.3, 0.4) is 0 Å². The lowest BCUT2D eigenvalue weighted by Crippen LogP contribution is -1.94. The van der Waals surface area contributed by atoms with Gasteiger partial charge >= 0.3 is 0 Å². The van der Waals surface area contributed by atoms with Crippen LogP contribution in [-0.4, -0.2) is 9.13 Å². The minimum absolute atomic E-state index is 1.14. The van der Waals surface area contributed by atoms with E-state index in [1.807, 2.05) is 0 Å². The number of unbranched alkanes of at least 4 members (excludes halogenated alkanes) is 9. The zero-order valence-corrected chi connectivity index (χ0v) is 52.9. The maximum atomic E-state index is 2.48. The Kier molecular flexibility index (Phi) is 19.7. The van der Waals surface area contributed by atoms with Crippen LogP contribution in [0.1, 0.15) is 165 Å². The van der Waals surface area contributed by atoms with E-state index >= 15 is 0 Å². The van der Waals surface area contributed by atoms with Crippen molar-refractivity contribution in [2.24, 2.45) is 0 Å². The Bertz CT molecular complexity index is 4350. The van der Waals surface area contributed by atoms with E-state index in [9.17, 15) is 0 Å². The predicted molar refractivity (Wildman–Crippen MR) is 390 cm³/mol. The summed E-state index contributed by atoms with van der Waals surface area (Å²) in [5.74, 6) is 0. The molecule has 0 saturated carbocycles. The van der Waals surface area contributed by atoms with Crippen molar-refractivity contribution < 1.29 is 0 Å². The van der Waals surface area contributed by atoms with Gasteiger partial charge in [0.25, 0.3) is 0 Å². The second kappa shape index (κ2) is 29.2. The summed E-state index contributed by atoms with van der Waals surface area (Å²) >= 11 is 0. The molecule has 0 radical (unpaired) electrons. The lowest BCUT2D eigenvalue weighted by atomic mass is 10.0. The number of hydrogen-bond acceptors (Lipinski definition) is 0. The van der Waals surface area contributed by atoms with Gasteiger partial charge in [-0.1, -0.05) is 278 Å². The van der Waals surface area contributed by atoms with Gasteiger partial charge in [-0.3, -0.25) is 0 Å². The molecule has 0 spiro atoms. The molecule has 2 nitrogen and oxygen atoms in total. The fourth-order valence-electron chi connectivity index (χ4n) is 12.8. The zero-order valence-electron chi connectivity index (χ0n) is 52.9. The fourth-order valence-corrected chi connectivity index (χ4v) is 12.8. The normalized spacial score (nSPS) is 12.1. The van der Waals surface area contributed by atoms with Gasteiger partial charge in [0.05, 0.1) is 22.1 Å². The van der Waals surface area contributed by atoms with Crippen LogP contribution in [0.2, 0.25) is 0 Å². The highest BCUT2D eigenvalue weighted by Crippen LogP contribution is 2.37. The third kappa shape index (κ3) is 14.9. The summed E-state index contributed by atoms with van der Waals surface area (Å²) < 4.78 is 4.89. The van der Waals surface area contributed by atoms with E-state index in [0.717, 1.165) is 19.3 Å². The van der Waals surface area contributed by atoms with Gasteiger partial charge in [0.1, 0.15) is 0 Å². The summed E-state index contributed by atoms with van der Waals surface area (Å²) in [6.07, 6.45) is 36.5. The smallest absolute Gasteiger partial charge is 0.0541 e. The van der Waals surface area contributed by atoms with Crippen LogP contribution in [-0.2, 0) is 19.3 Å². The number of aromatic nitrogens is 2. The monoisotopic (exact) mass is 1160 g/mol. The van der Waals surface area contributed by atoms with Gasteiger partial charge < -0.3 is 9.13 Å². The Morgan fingerprint density at radius 2 is 0.494 bits per heavy atom. The molecule has 2 aromatic heterocycles. The van der Waals surface area contributed by atoms with Crippen LogP contribution in [0.4, 0.5) is 0 Å². The summed E-state index contributed by atoms with van der Waals surface area (Å²) in [6.45, 7) is 9.05. The average Bonchev–Trinajstić information content (AvgIpc) is 1.79. The number of benzene rings is 10. The Balaban J connectivity index is 0.627. The molecule has 0 aliphatic rings. The van der Waals surface area contributed by atoms with E-state index < -0.39 is 0 Å². The highest BCUT2D eigenvalue weighted by molar-refractivity contribution is 6.11. The molecule has 10 aromatic carbocycles. The molecule has 0 unspecified atom stereocenters. The van der Waals surface area contributed by atoms with E-state index in [0.29, 0.717) is 0 Å². The van der Waals surface area contributed by atoms with Gasteiger partial charge in [-0.25, -0.2) is 0 Å². The van der Waals surface area contributed by atoms with Gasteiger partial charge in [0.15, 0.2) is 0 Å². The predicted octanol–water partition coefficient (Wildman–Crippen LogP) is 24.9. The van der Waals surface area contributed by atoms with Crippen molar-refractivity contribution >= 4 is 92.2 Å². The van der Waals surface area contributed by atoms with Gasteiger partial charge in [0.2, 0.25) is 0 Å². The third-order valence-corrected chi connectivity index (χ3v) is 18.0. The molecule has 2 heterocycles. The van der Waals surface area contributed by atoms with Gasteiger partial charge in [-0.15, -0.1) is 0 Å². The highest BCUT2D eigenvalue weighted by Gasteiger charge is 2.16. The van der Waals surface area contributed by atoms with Crippen molar-refractivity contribution in [2.75, 3.05) is 0 Å². The number of fused-ring (bicyclic) bond motifs is 6. The minimum Gasteiger partial charge on any atom is -0.309 e. The van der Waals surface area contributed by atoms with E-state index in [2.05, 4.69) is 304 Å². The first-order valence-corrected chi connectivity index (χ1v) is 33.3. The molecule has 89 heavy (non-hydrogen) atoms. The molecule has 2 heteroatoms. The zero-order chi connectivity index (χ0) is 60.7. The second-order valence-electron chi connectivity index (χ2n) is 24.8. The van der Waals surface area contributed by atoms with E-state index in [-0.39, 0.29) is 0 Å². The molecule has 12 rings (SSSR count). The molecule has 0 aliphatic heterocycles. The number of hydrogen-bond donors (Lipinski definition) is 0. The molecule has 0 aliphatic carbocycles. The van der Waals surface area contributed by atoms with Crippen molar-refractivity contribution in [2.45, 2.75) is 124 Å². The molecule has 0 N–H and O–H groups in total. The summed E-state index contributed by atoms with van der Waals surface area (Å²) in [7, 11) is 0. The Morgan fingerprint density at radius 3 is 0.775 bits per heavy atom. The second-order valence-corrected chi connectivity index (χ2v) is 24.8. The highest BCUT2D eigenvalue weighted by atomic mass is 15.0. The Hall–Kier alpha value is -9.24. The van der Waals surface area contributed by atoms with Crippen LogP contribution in [0.15, 0.2) is 218 Å². The molecular weight excluding hydrogens is 1070 g/mol. The molecule has 0 atom stereocenters. The largest absolute Gasteiger partial charge is 0.309 e. The number of aryl methyl sites for hydroxylation is 4. The van der Waals surface area contributed by atoms with Crippen LogP contribution in [0.5, 0.6) is 0 Å². The summed E-state index contributed by atoms with van der Waals surface area (Å²) in [4.78, 5) is 0. The average molecular weight is 1160 g/mol. The topological polar surface area (TPSA) is 9.86 Å².